The molecule has 5 heterocycles. The highest BCUT2D eigenvalue weighted by Crippen LogP contribution is 2.30. The Morgan fingerprint density at radius 2 is 0.410 bits per heavy atom. The molecule has 0 fully saturated rings. The average Bonchev–Trinajstić information content (AvgIpc) is 3.52. The molecular formula is C72H48N6. The maximum atomic E-state index is 5.34. The van der Waals surface area contributed by atoms with Crippen molar-refractivity contribution in [3.63, 3.8) is 0 Å². The van der Waals surface area contributed by atoms with Gasteiger partial charge in [0.15, 0.2) is 0 Å². The summed E-state index contributed by atoms with van der Waals surface area (Å²) in [5.41, 5.74) is 14.4. The summed E-state index contributed by atoms with van der Waals surface area (Å²) in [6.07, 6.45) is 23.6. The summed E-state index contributed by atoms with van der Waals surface area (Å²) >= 11 is 0. The molecule has 6 heteroatoms. The van der Waals surface area contributed by atoms with Crippen LogP contribution >= 0.6 is 0 Å². The van der Waals surface area contributed by atoms with E-state index in [1.54, 1.807) is 0 Å². The third-order valence-electron chi connectivity index (χ3n) is 14.1. The smallest absolute Gasteiger partial charge is 0.0895 e. The van der Waals surface area contributed by atoms with E-state index in [9.17, 15) is 0 Å². The van der Waals surface area contributed by atoms with Crippen molar-refractivity contribution in [1.82, 2.24) is 29.9 Å². The van der Waals surface area contributed by atoms with Gasteiger partial charge in [-0.3, -0.25) is 19.9 Å². The summed E-state index contributed by atoms with van der Waals surface area (Å²) in [6.45, 7) is 0. The molecule has 13 aromatic rings. The van der Waals surface area contributed by atoms with Crippen molar-refractivity contribution in [2.45, 2.75) is 0 Å². The Labute approximate surface area is 452 Å². The van der Waals surface area contributed by atoms with Gasteiger partial charge in [0.25, 0.3) is 0 Å². The molecule has 0 amide bonds. The Balaban J connectivity index is 0.859. The van der Waals surface area contributed by atoms with Gasteiger partial charge in [0.1, 0.15) is 0 Å². The van der Waals surface area contributed by atoms with Gasteiger partial charge in [0, 0.05) is 47.0 Å². The van der Waals surface area contributed by atoms with E-state index in [4.69, 9.17) is 29.9 Å². The van der Waals surface area contributed by atoms with Crippen LogP contribution in [0.1, 0.15) is 45.6 Å². The molecule has 0 N–H and O–H groups in total. The number of fused-ring (bicyclic) bond motifs is 4. The molecule has 0 saturated carbocycles. The number of benzene rings is 8. The zero-order valence-electron chi connectivity index (χ0n) is 42.4. The van der Waals surface area contributed by atoms with E-state index >= 15 is 0 Å². The maximum Gasteiger partial charge on any atom is 0.0895 e. The van der Waals surface area contributed by atoms with Crippen LogP contribution in [0, 0.1) is 0 Å². The standard InChI is InChI=1S/C72H48N6/c1-5-13-53-41-57(21-17-49(53)9-1)61-25-29-65(73-45-61)33-37-69-70(38-34-66-30-26-62(46-74-66)58-22-18-50-10-2-6-14-54(50)42-58)78-72(40-36-68-32-28-64(48-76-68)60-24-20-52-12-4-8-16-56(52)44-60)71(77-69)39-35-67-31-27-63(47-75-67)59-23-19-51-11-3-7-15-55(51)43-59/h1-48H. The van der Waals surface area contributed by atoms with Crippen LogP contribution in [0.3, 0.4) is 0 Å². The number of hydrogen-bond donors (Lipinski definition) is 0. The summed E-state index contributed by atoms with van der Waals surface area (Å²) in [5.74, 6) is 0. The molecule has 8 aromatic carbocycles. The zero-order chi connectivity index (χ0) is 52.0. The minimum atomic E-state index is 0.661. The van der Waals surface area contributed by atoms with Crippen molar-refractivity contribution in [3.8, 4) is 44.5 Å². The van der Waals surface area contributed by atoms with Crippen molar-refractivity contribution in [3.05, 3.63) is 289 Å². The highest BCUT2D eigenvalue weighted by Gasteiger charge is 2.11. The second-order valence-corrected chi connectivity index (χ2v) is 19.2. The molecule has 0 aliphatic rings. The molecule has 0 unspecified atom stereocenters. The Hall–Kier alpha value is -10.6. The number of rotatable bonds is 12. The van der Waals surface area contributed by atoms with Crippen LogP contribution in [-0.4, -0.2) is 29.9 Å². The fraction of sp³-hybridized carbons (Fsp3) is 0. The lowest BCUT2D eigenvalue weighted by atomic mass is 10.0. The maximum absolute atomic E-state index is 5.34. The number of nitrogens with zero attached hydrogens (tertiary/aromatic N) is 6. The molecule has 0 bridgehead atoms. The van der Waals surface area contributed by atoms with E-state index in [1.165, 1.54) is 43.1 Å². The molecule has 5 aromatic heterocycles. The van der Waals surface area contributed by atoms with Crippen LogP contribution in [0.25, 0.3) is 136 Å². The normalized spacial score (nSPS) is 11.9. The highest BCUT2D eigenvalue weighted by molar-refractivity contribution is 5.91. The first-order chi connectivity index (χ1) is 38.6. The van der Waals surface area contributed by atoms with Gasteiger partial charge in [0.05, 0.1) is 45.6 Å². The summed E-state index contributed by atoms with van der Waals surface area (Å²) < 4.78 is 0. The molecule has 0 radical (unpaired) electrons. The highest BCUT2D eigenvalue weighted by atomic mass is 14.8. The van der Waals surface area contributed by atoms with Gasteiger partial charge in [-0.25, -0.2) is 9.97 Å². The van der Waals surface area contributed by atoms with Gasteiger partial charge < -0.3 is 0 Å². The summed E-state index contributed by atoms with van der Waals surface area (Å²) in [7, 11) is 0. The summed E-state index contributed by atoms with van der Waals surface area (Å²) in [5, 5.41) is 9.60. The number of hydrogen-bond acceptors (Lipinski definition) is 6. The first-order valence-electron chi connectivity index (χ1n) is 26.0. The molecule has 0 aliphatic heterocycles. The third-order valence-corrected chi connectivity index (χ3v) is 14.1. The molecule has 78 heavy (non-hydrogen) atoms. The monoisotopic (exact) mass is 996 g/mol. The zero-order valence-corrected chi connectivity index (χ0v) is 42.4. The lowest BCUT2D eigenvalue weighted by Crippen LogP contribution is -2.00. The minimum Gasteiger partial charge on any atom is -0.256 e. The van der Waals surface area contributed by atoms with Gasteiger partial charge in [-0.05, 0) is 162 Å². The quantitative estimate of drug-likeness (QED) is 0.121. The van der Waals surface area contributed by atoms with Crippen molar-refractivity contribution in [2.75, 3.05) is 0 Å². The lowest BCUT2D eigenvalue weighted by Gasteiger charge is -2.08. The number of pyridine rings is 4. The van der Waals surface area contributed by atoms with Crippen LogP contribution in [0.15, 0.2) is 243 Å². The SMILES string of the molecule is C(=Cc1nc(C=Cc2ccc(-c3ccc4ccccc4c3)cn2)c(C=Cc2ccc(-c3ccc4ccccc4c3)cn2)nc1C=Cc1ccc(-c2ccc3ccccc3c2)cn1)c1ccc(-c2ccc3ccccc3c2)cn1. The van der Waals surface area contributed by atoms with Crippen LogP contribution in [0.2, 0.25) is 0 Å². The average molecular weight is 997 g/mol. The fourth-order valence-corrected chi connectivity index (χ4v) is 9.81. The third kappa shape index (κ3) is 10.4. The second kappa shape index (κ2) is 21.4. The molecule has 0 saturated heterocycles. The largest absolute Gasteiger partial charge is 0.256 e. The van der Waals surface area contributed by atoms with Gasteiger partial charge in [-0.1, -0.05) is 170 Å². The van der Waals surface area contributed by atoms with Gasteiger partial charge in [-0.2, -0.15) is 0 Å². The van der Waals surface area contributed by atoms with Gasteiger partial charge >= 0.3 is 0 Å². The minimum absolute atomic E-state index is 0.661. The van der Waals surface area contributed by atoms with Crippen LogP contribution in [0.4, 0.5) is 0 Å². The molecule has 0 aliphatic carbocycles. The van der Waals surface area contributed by atoms with Crippen molar-refractivity contribution < 1.29 is 0 Å². The molecular weight excluding hydrogens is 949 g/mol. The summed E-state index contributed by atoms with van der Waals surface area (Å²) in [4.78, 5) is 30.2. The first-order valence-corrected chi connectivity index (χ1v) is 26.0. The van der Waals surface area contributed by atoms with E-state index in [-0.39, 0.29) is 0 Å². The van der Waals surface area contributed by atoms with Gasteiger partial charge in [-0.15, -0.1) is 0 Å². The van der Waals surface area contributed by atoms with E-state index in [1.807, 2.05) is 97.7 Å². The van der Waals surface area contributed by atoms with Crippen LogP contribution in [-0.2, 0) is 0 Å². The molecule has 6 nitrogen and oxygen atoms in total. The molecule has 0 spiro atoms. The number of aromatic nitrogens is 6. The Morgan fingerprint density at radius 1 is 0.192 bits per heavy atom. The topological polar surface area (TPSA) is 77.3 Å². The second-order valence-electron chi connectivity index (χ2n) is 19.2. The first kappa shape index (κ1) is 47.2. The summed E-state index contributed by atoms with van der Waals surface area (Å²) in [6, 6.07) is 76.2. The molecule has 13 rings (SSSR count). The fourth-order valence-electron chi connectivity index (χ4n) is 9.81. The van der Waals surface area contributed by atoms with Crippen molar-refractivity contribution >= 4 is 91.7 Å². The van der Waals surface area contributed by atoms with E-state index in [0.717, 1.165) is 67.3 Å². The van der Waals surface area contributed by atoms with Crippen molar-refractivity contribution in [2.24, 2.45) is 0 Å². The van der Waals surface area contributed by atoms with E-state index in [0.29, 0.717) is 22.8 Å². The predicted molar refractivity (Wildman–Crippen MR) is 326 cm³/mol. The van der Waals surface area contributed by atoms with Crippen molar-refractivity contribution in [1.29, 1.82) is 0 Å². The van der Waals surface area contributed by atoms with E-state index < -0.39 is 0 Å². The van der Waals surface area contributed by atoms with Gasteiger partial charge in [0.2, 0.25) is 0 Å². The Morgan fingerprint density at radius 3 is 0.628 bits per heavy atom. The Bertz CT molecular complexity index is 3890. The Kier molecular flexibility index (Phi) is 12.9. The molecule has 366 valence electrons. The van der Waals surface area contributed by atoms with E-state index in [2.05, 4.69) is 194 Å². The lowest BCUT2D eigenvalue weighted by molar-refractivity contribution is 1.12. The van der Waals surface area contributed by atoms with Crippen LogP contribution in [0.5, 0.6) is 0 Å². The predicted octanol–water partition coefficient (Wildman–Crippen LogP) is 18.0. The molecule has 0 atom stereocenters. The van der Waals surface area contributed by atoms with Crippen LogP contribution < -0.4 is 0 Å².